The number of methoxy groups -OCH3 is 2. The predicted molar refractivity (Wildman–Crippen MR) is 119 cm³/mol. The van der Waals surface area contributed by atoms with Crippen LogP contribution in [0, 0.1) is 0 Å². The molecule has 0 aromatic heterocycles. The maximum Gasteiger partial charge on any atom is 0.150 e. The number of aliphatic hydroxyl groups is 1. The zero-order chi connectivity index (χ0) is 22.0. The highest BCUT2D eigenvalue weighted by atomic mass is 16.5. The van der Waals surface area contributed by atoms with Crippen molar-refractivity contribution in [2.45, 2.75) is 18.1 Å². The molecule has 5 heteroatoms. The SMILES string of the molecule is COCc1c(C=O)cc2ccccc2c1C1c2ccccc2C=C(C=O)C1(O)COC. The summed E-state index contributed by atoms with van der Waals surface area (Å²) in [6.07, 6.45) is 3.20. The van der Waals surface area contributed by atoms with Gasteiger partial charge >= 0.3 is 0 Å². The fourth-order valence-electron chi connectivity index (χ4n) is 4.72. The van der Waals surface area contributed by atoms with E-state index in [0.29, 0.717) is 17.4 Å². The highest BCUT2D eigenvalue weighted by Crippen LogP contribution is 2.48. The van der Waals surface area contributed by atoms with Crippen molar-refractivity contribution in [1.29, 1.82) is 0 Å². The summed E-state index contributed by atoms with van der Waals surface area (Å²) in [4.78, 5) is 24.1. The molecule has 0 saturated heterocycles. The molecule has 3 aromatic rings. The number of aldehydes is 2. The zero-order valence-corrected chi connectivity index (χ0v) is 17.5. The summed E-state index contributed by atoms with van der Waals surface area (Å²) in [7, 11) is 3.06. The number of hydrogen-bond acceptors (Lipinski definition) is 5. The van der Waals surface area contributed by atoms with Crippen molar-refractivity contribution >= 4 is 29.4 Å². The van der Waals surface area contributed by atoms with Crippen LogP contribution < -0.4 is 0 Å². The Kier molecular flexibility index (Phi) is 5.83. The van der Waals surface area contributed by atoms with Gasteiger partial charge in [0.05, 0.1) is 13.2 Å². The summed E-state index contributed by atoms with van der Waals surface area (Å²) in [6.45, 7) is 0.110. The summed E-state index contributed by atoms with van der Waals surface area (Å²) in [5, 5.41) is 13.7. The molecule has 1 aliphatic rings. The minimum absolute atomic E-state index is 0.0807. The van der Waals surface area contributed by atoms with Crippen LogP contribution >= 0.6 is 0 Å². The molecule has 0 aliphatic heterocycles. The van der Waals surface area contributed by atoms with E-state index >= 15 is 0 Å². The van der Waals surface area contributed by atoms with E-state index in [1.165, 1.54) is 7.11 Å². The molecule has 0 spiro atoms. The number of benzene rings is 3. The molecule has 0 bridgehead atoms. The van der Waals surface area contributed by atoms with Gasteiger partial charge in [0.1, 0.15) is 18.2 Å². The average molecular weight is 416 g/mol. The summed E-state index contributed by atoms with van der Waals surface area (Å²) >= 11 is 0. The molecule has 1 N–H and O–H groups in total. The topological polar surface area (TPSA) is 72.8 Å². The summed E-state index contributed by atoms with van der Waals surface area (Å²) in [5.74, 6) is -0.635. The Bertz CT molecular complexity index is 1180. The van der Waals surface area contributed by atoms with E-state index in [9.17, 15) is 14.7 Å². The van der Waals surface area contributed by atoms with Crippen LogP contribution in [0.15, 0.2) is 60.2 Å². The van der Waals surface area contributed by atoms with Gasteiger partial charge < -0.3 is 14.6 Å². The fraction of sp³-hybridized carbons (Fsp3) is 0.231. The number of carbonyl (C=O) groups is 2. The van der Waals surface area contributed by atoms with E-state index in [2.05, 4.69) is 0 Å². The molecule has 4 rings (SSSR count). The number of rotatable bonds is 7. The minimum atomic E-state index is -1.61. The maximum absolute atomic E-state index is 12.1. The van der Waals surface area contributed by atoms with E-state index < -0.39 is 11.5 Å². The van der Waals surface area contributed by atoms with Crippen molar-refractivity contribution < 1.29 is 24.2 Å². The van der Waals surface area contributed by atoms with Gasteiger partial charge in [-0.15, -0.1) is 0 Å². The van der Waals surface area contributed by atoms with Crippen molar-refractivity contribution in [3.05, 3.63) is 88.0 Å². The number of ether oxygens (including phenoxy) is 2. The van der Waals surface area contributed by atoms with Gasteiger partial charge in [-0.05, 0) is 45.2 Å². The van der Waals surface area contributed by atoms with Gasteiger partial charge in [-0.25, -0.2) is 0 Å². The van der Waals surface area contributed by atoms with Crippen LogP contribution in [-0.4, -0.2) is 44.1 Å². The molecule has 31 heavy (non-hydrogen) atoms. The lowest BCUT2D eigenvalue weighted by molar-refractivity contribution is -0.108. The molecule has 158 valence electrons. The summed E-state index contributed by atoms with van der Waals surface area (Å²) in [6, 6.07) is 17.2. The van der Waals surface area contributed by atoms with E-state index in [1.54, 1.807) is 13.2 Å². The first kappa shape index (κ1) is 21.1. The van der Waals surface area contributed by atoms with Crippen molar-refractivity contribution in [3.8, 4) is 0 Å². The van der Waals surface area contributed by atoms with Gasteiger partial charge in [0.2, 0.25) is 0 Å². The second kappa shape index (κ2) is 8.55. The first-order chi connectivity index (χ1) is 15.1. The zero-order valence-electron chi connectivity index (χ0n) is 17.5. The Hall–Kier alpha value is -3.12. The van der Waals surface area contributed by atoms with Gasteiger partial charge in [0, 0.05) is 31.3 Å². The molecule has 3 aromatic carbocycles. The van der Waals surface area contributed by atoms with Gasteiger partial charge in [0.15, 0.2) is 0 Å². The molecule has 0 heterocycles. The molecule has 5 nitrogen and oxygen atoms in total. The van der Waals surface area contributed by atoms with Crippen LogP contribution in [0.4, 0.5) is 0 Å². The monoisotopic (exact) mass is 416 g/mol. The van der Waals surface area contributed by atoms with Gasteiger partial charge in [-0.1, -0.05) is 48.5 Å². The molecule has 0 saturated carbocycles. The minimum Gasteiger partial charge on any atom is -0.382 e. The lowest BCUT2D eigenvalue weighted by Gasteiger charge is -2.41. The van der Waals surface area contributed by atoms with Crippen molar-refractivity contribution in [2.24, 2.45) is 0 Å². The van der Waals surface area contributed by atoms with Crippen molar-refractivity contribution in [1.82, 2.24) is 0 Å². The Morgan fingerprint density at radius 1 is 1.00 bits per heavy atom. The average Bonchev–Trinajstić information content (AvgIpc) is 2.79. The fourth-order valence-corrected chi connectivity index (χ4v) is 4.72. The van der Waals surface area contributed by atoms with Crippen LogP contribution in [0.2, 0.25) is 0 Å². The van der Waals surface area contributed by atoms with Crippen molar-refractivity contribution in [3.63, 3.8) is 0 Å². The van der Waals surface area contributed by atoms with Gasteiger partial charge in [0.25, 0.3) is 0 Å². The normalized spacial score (nSPS) is 20.2. The van der Waals surface area contributed by atoms with Crippen LogP contribution in [0.1, 0.15) is 38.5 Å². The second-order valence-electron chi connectivity index (χ2n) is 7.77. The third-order valence-electron chi connectivity index (χ3n) is 6.03. The summed E-state index contributed by atoms with van der Waals surface area (Å²) < 4.78 is 10.9. The molecular weight excluding hydrogens is 392 g/mol. The Labute approximate surface area is 180 Å². The van der Waals surface area contributed by atoms with Crippen molar-refractivity contribution in [2.75, 3.05) is 20.8 Å². The van der Waals surface area contributed by atoms with Crippen LogP contribution in [0.25, 0.3) is 16.8 Å². The first-order valence-electron chi connectivity index (χ1n) is 10.0. The smallest absolute Gasteiger partial charge is 0.150 e. The van der Waals surface area contributed by atoms with E-state index in [-0.39, 0.29) is 18.8 Å². The largest absolute Gasteiger partial charge is 0.382 e. The summed E-state index contributed by atoms with van der Waals surface area (Å²) in [5.41, 5.74) is 2.28. The lowest BCUT2D eigenvalue weighted by atomic mass is 9.66. The molecule has 2 atom stereocenters. The highest BCUT2D eigenvalue weighted by Gasteiger charge is 2.47. The Morgan fingerprint density at radius 2 is 1.74 bits per heavy atom. The Balaban J connectivity index is 2.16. The lowest BCUT2D eigenvalue weighted by Crippen LogP contribution is -2.46. The third kappa shape index (κ3) is 3.41. The van der Waals surface area contributed by atoms with E-state index in [1.807, 2.05) is 54.6 Å². The molecular formula is C26H24O5. The molecule has 0 radical (unpaired) electrons. The molecule has 1 aliphatic carbocycles. The molecule has 0 fully saturated rings. The standard InChI is InChI=1S/C26H24O5/c1-30-15-23-19(13-27)11-17-7-3-5-9-21(17)24(23)25-22-10-6-4-8-18(22)12-20(14-28)26(25,29)16-31-2/h3-14,25,29H,15-16H2,1-2H3. The Morgan fingerprint density at radius 3 is 2.45 bits per heavy atom. The molecule has 2 unspecified atom stereocenters. The quantitative estimate of drug-likeness (QED) is 0.592. The number of carbonyl (C=O) groups excluding carboxylic acids is 2. The van der Waals surface area contributed by atoms with Crippen LogP contribution in [0.3, 0.4) is 0 Å². The van der Waals surface area contributed by atoms with Gasteiger partial charge in [-0.2, -0.15) is 0 Å². The number of hydrogen-bond donors (Lipinski definition) is 1. The third-order valence-corrected chi connectivity index (χ3v) is 6.03. The molecule has 0 amide bonds. The predicted octanol–water partition coefficient (Wildman–Crippen LogP) is 3.90. The van der Waals surface area contributed by atoms with E-state index in [4.69, 9.17) is 9.47 Å². The number of fused-ring (bicyclic) bond motifs is 2. The maximum atomic E-state index is 12.1. The van der Waals surface area contributed by atoms with E-state index in [0.717, 1.165) is 33.7 Å². The van der Waals surface area contributed by atoms with Gasteiger partial charge in [-0.3, -0.25) is 9.59 Å². The highest BCUT2D eigenvalue weighted by molar-refractivity contribution is 5.96. The second-order valence-corrected chi connectivity index (χ2v) is 7.77. The first-order valence-corrected chi connectivity index (χ1v) is 10.0. The van der Waals surface area contributed by atoms with Crippen LogP contribution in [0.5, 0.6) is 0 Å². The van der Waals surface area contributed by atoms with Crippen LogP contribution in [-0.2, 0) is 20.9 Å².